The van der Waals surface area contributed by atoms with Crippen LogP contribution in [0.5, 0.6) is 0 Å². The summed E-state index contributed by atoms with van der Waals surface area (Å²) in [5.74, 6) is -0.0358. The van der Waals surface area contributed by atoms with Gasteiger partial charge in [0.1, 0.15) is 11.8 Å². The van der Waals surface area contributed by atoms with Gasteiger partial charge < -0.3 is 10.7 Å². The summed E-state index contributed by atoms with van der Waals surface area (Å²) in [5, 5.41) is 15.1. The smallest absolute Gasteiger partial charge is 0.252 e. The van der Waals surface area contributed by atoms with Crippen molar-refractivity contribution in [1.29, 1.82) is 5.26 Å². The molecule has 1 unspecified atom stereocenters. The Morgan fingerprint density at radius 3 is 3.23 bits per heavy atom. The van der Waals surface area contributed by atoms with Crippen LogP contribution in [0.2, 0.25) is 0 Å². The molecule has 1 heterocycles. The topological polar surface area (TPSA) is 77.3 Å². The van der Waals surface area contributed by atoms with Gasteiger partial charge in [-0.25, -0.2) is 0 Å². The Kier molecular flexibility index (Phi) is 1.74. The Bertz CT molecular complexity index is 350. The molecule has 0 aromatic carbocycles. The summed E-state index contributed by atoms with van der Waals surface area (Å²) in [6.07, 6.45) is 2.59. The van der Waals surface area contributed by atoms with Gasteiger partial charge in [-0.15, -0.1) is 0 Å². The summed E-state index contributed by atoms with van der Waals surface area (Å²) < 4.78 is 0. The van der Waals surface area contributed by atoms with Crippen LogP contribution in [-0.4, -0.2) is 18.3 Å². The van der Waals surface area contributed by atoms with E-state index in [2.05, 4.69) is 21.9 Å². The van der Waals surface area contributed by atoms with Gasteiger partial charge >= 0.3 is 0 Å². The predicted molar refractivity (Wildman–Crippen MR) is 45.4 cm³/mol. The molecule has 2 rings (SSSR count). The number of rotatable bonds is 1. The van der Waals surface area contributed by atoms with E-state index in [0.717, 1.165) is 12.0 Å². The molecule has 0 saturated carbocycles. The molecule has 0 aromatic rings. The zero-order chi connectivity index (χ0) is 9.26. The molecule has 0 fully saturated rings. The third-order valence-electron chi connectivity index (χ3n) is 1.92. The summed E-state index contributed by atoms with van der Waals surface area (Å²) in [4.78, 5) is 11.2. The first kappa shape index (κ1) is 7.80. The van der Waals surface area contributed by atoms with Crippen molar-refractivity contribution < 1.29 is 4.79 Å². The number of nitrogens with one attached hydrogen (secondary N) is 2. The summed E-state index contributed by atoms with van der Waals surface area (Å²) in [5.41, 5.74) is 3.44. The van der Waals surface area contributed by atoms with Gasteiger partial charge in [-0.3, -0.25) is 4.79 Å². The van der Waals surface area contributed by atoms with Crippen LogP contribution in [0, 0.1) is 17.2 Å². The summed E-state index contributed by atoms with van der Waals surface area (Å²) in [7, 11) is 0. The lowest BCUT2D eigenvalue weighted by Crippen LogP contribution is -2.33. The Balaban J connectivity index is 1.97. The van der Waals surface area contributed by atoms with Crippen LogP contribution in [0.15, 0.2) is 16.8 Å². The normalized spacial score (nSPS) is 23.8. The molecule has 0 saturated heterocycles. The molecular formula is C8H8N4O. The molecule has 0 spiro atoms. The monoisotopic (exact) mass is 176 g/mol. The highest BCUT2D eigenvalue weighted by Crippen LogP contribution is 2.18. The van der Waals surface area contributed by atoms with Gasteiger partial charge in [-0.05, 0) is 6.42 Å². The second kappa shape index (κ2) is 2.90. The Hall–Kier alpha value is -1.83. The van der Waals surface area contributed by atoms with Gasteiger partial charge in [0.15, 0.2) is 0 Å². The predicted octanol–water partition coefficient (Wildman–Crippen LogP) is -0.511. The number of hydrazone groups is 1. The van der Waals surface area contributed by atoms with Gasteiger partial charge in [0.2, 0.25) is 0 Å². The van der Waals surface area contributed by atoms with Crippen molar-refractivity contribution in [3.05, 3.63) is 11.6 Å². The average molecular weight is 176 g/mol. The van der Waals surface area contributed by atoms with E-state index in [1.54, 1.807) is 0 Å². The second-order valence-electron chi connectivity index (χ2n) is 2.93. The van der Waals surface area contributed by atoms with Crippen molar-refractivity contribution in [3.8, 4) is 6.07 Å². The zero-order valence-corrected chi connectivity index (χ0v) is 6.87. The number of carbonyl (C=O) groups is 1. The largest absolute Gasteiger partial charge is 0.308 e. The van der Waals surface area contributed by atoms with Crippen molar-refractivity contribution in [3.63, 3.8) is 0 Å². The number of hydrogen-bond acceptors (Lipinski definition) is 4. The highest BCUT2D eigenvalue weighted by Gasteiger charge is 2.25. The highest BCUT2D eigenvalue weighted by atomic mass is 16.1. The number of hydrogen-bond donors (Lipinski definition) is 2. The quantitative estimate of drug-likeness (QED) is 0.564. The van der Waals surface area contributed by atoms with Gasteiger partial charge in [0, 0.05) is 5.57 Å². The maximum Gasteiger partial charge on any atom is 0.252 e. The second-order valence-corrected chi connectivity index (χ2v) is 2.93. The van der Waals surface area contributed by atoms with E-state index >= 15 is 0 Å². The molecule has 13 heavy (non-hydrogen) atoms. The van der Waals surface area contributed by atoms with Gasteiger partial charge in [-0.1, -0.05) is 6.08 Å². The van der Waals surface area contributed by atoms with E-state index in [9.17, 15) is 4.79 Å². The Labute approximate surface area is 75.1 Å². The molecule has 2 aliphatic rings. The average Bonchev–Trinajstić information content (AvgIpc) is 2.88. The molecule has 1 amide bonds. The summed E-state index contributed by atoms with van der Waals surface area (Å²) in [6, 6.07) is 2.05. The van der Waals surface area contributed by atoms with Crippen molar-refractivity contribution in [2.24, 2.45) is 11.0 Å². The van der Waals surface area contributed by atoms with Crippen LogP contribution in [0.1, 0.15) is 6.42 Å². The van der Waals surface area contributed by atoms with Gasteiger partial charge in [-0.2, -0.15) is 10.4 Å². The lowest BCUT2D eigenvalue weighted by atomic mass is 10.1. The molecule has 66 valence electrons. The number of amides is 1. The van der Waals surface area contributed by atoms with E-state index in [-0.39, 0.29) is 11.8 Å². The van der Waals surface area contributed by atoms with Gasteiger partial charge in [0.25, 0.3) is 5.91 Å². The molecular weight excluding hydrogens is 168 g/mol. The fourth-order valence-corrected chi connectivity index (χ4v) is 1.05. The minimum Gasteiger partial charge on any atom is -0.308 e. The minimum absolute atomic E-state index is 0.136. The lowest BCUT2D eigenvalue weighted by Gasteiger charge is -2.02. The van der Waals surface area contributed by atoms with E-state index < -0.39 is 0 Å². The van der Waals surface area contributed by atoms with Crippen molar-refractivity contribution in [2.45, 2.75) is 6.42 Å². The molecule has 1 atom stereocenters. The highest BCUT2D eigenvalue weighted by molar-refractivity contribution is 6.09. The van der Waals surface area contributed by atoms with Crippen LogP contribution in [0.3, 0.4) is 0 Å². The molecule has 2 N–H and O–H groups in total. The van der Waals surface area contributed by atoms with Crippen LogP contribution in [0.4, 0.5) is 0 Å². The third-order valence-corrected chi connectivity index (χ3v) is 1.92. The maximum atomic E-state index is 11.2. The van der Waals surface area contributed by atoms with Crippen LogP contribution in [0.25, 0.3) is 0 Å². The molecule has 5 nitrogen and oxygen atoms in total. The van der Waals surface area contributed by atoms with Crippen molar-refractivity contribution >= 4 is 11.7 Å². The van der Waals surface area contributed by atoms with E-state index in [4.69, 9.17) is 5.26 Å². The molecule has 5 heteroatoms. The van der Waals surface area contributed by atoms with Crippen LogP contribution in [-0.2, 0) is 4.79 Å². The fraction of sp³-hybridized carbons (Fsp3) is 0.375. The Morgan fingerprint density at radius 1 is 1.85 bits per heavy atom. The minimum atomic E-state index is -0.330. The van der Waals surface area contributed by atoms with Crippen LogP contribution >= 0.6 is 0 Å². The lowest BCUT2D eigenvalue weighted by molar-refractivity contribution is -0.115. The third kappa shape index (κ3) is 1.51. The first-order chi connectivity index (χ1) is 6.31. The van der Waals surface area contributed by atoms with E-state index in [1.807, 2.05) is 6.08 Å². The Morgan fingerprint density at radius 2 is 2.62 bits per heavy atom. The zero-order valence-electron chi connectivity index (χ0n) is 6.87. The standard InChI is InChI=1S/C8H8N4O/c9-3-6-4-10-12-7(6)11-8(13)5-1-2-5/h1,6,10H,2,4H2,(H,11,12,13). The number of carbonyl (C=O) groups excluding carboxylic acids is 1. The van der Waals surface area contributed by atoms with Crippen LogP contribution < -0.4 is 10.7 Å². The summed E-state index contributed by atoms with van der Waals surface area (Å²) in [6.45, 7) is 0.477. The maximum absolute atomic E-state index is 11.2. The first-order valence-electron chi connectivity index (χ1n) is 4.01. The molecule has 0 aromatic heterocycles. The molecule has 1 aliphatic carbocycles. The summed E-state index contributed by atoms with van der Waals surface area (Å²) >= 11 is 0. The number of nitrogens with zero attached hydrogens (tertiary/aromatic N) is 2. The number of allylic oxidation sites excluding steroid dienone is 1. The van der Waals surface area contributed by atoms with Crippen molar-refractivity contribution in [1.82, 2.24) is 10.7 Å². The number of nitriles is 1. The fourth-order valence-electron chi connectivity index (χ4n) is 1.05. The van der Waals surface area contributed by atoms with E-state index in [0.29, 0.717) is 12.4 Å². The molecule has 0 bridgehead atoms. The first-order valence-corrected chi connectivity index (χ1v) is 4.01. The molecule has 0 radical (unpaired) electrons. The SMILES string of the molecule is N#CC1CNN=C1NC(=O)C1=CC1. The van der Waals surface area contributed by atoms with Gasteiger partial charge in [0.05, 0.1) is 12.6 Å². The molecule has 1 aliphatic heterocycles. The number of amidine groups is 1. The van der Waals surface area contributed by atoms with E-state index in [1.165, 1.54) is 0 Å². The van der Waals surface area contributed by atoms with Crippen molar-refractivity contribution in [2.75, 3.05) is 6.54 Å².